The molecule has 33 heavy (non-hydrogen) atoms. The van der Waals surface area contributed by atoms with Crippen molar-refractivity contribution in [1.82, 2.24) is 38.8 Å². The van der Waals surface area contributed by atoms with Crippen LogP contribution in [-0.2, 0) is 18.4 Å². The predicted octanol–water partition coefficient (Wildman–Crippen LogP) is 2.41. The zero-order valence-electron chi connectivity index (χ0n) is 18.7. The largest absolute Gasteiger partial charge is 0.435 e. The number of ether oxygens (including phenoxy) is 1. The Hall–Kier alpha value is -4.02. The Labute approximate surface area is 189 Å². The fourth-order valence-corrected chi connectivity index (χ4v) is 4.10. The van der Waals surface area contributed by atoms with Crippen LogP contribution in [0, 0.1) is 6.92 Å². The second-order valence-corrected chi connectivity index (χ2v) is 7.97. The van der Waals surface area contributed by atoms with Crippen molar-refractivity contribution in [3.8, 4) is 23.0 Å². The number of carbonyl (C=O) groups is 2. The quantitative estimate of drug-likeness (QED) is 0.445. The molecule has 1 aliphatic rings. The van der Waals surface area contributed by atoms with Crippen molar-refractivity contribution < 1.29 is 14.3 Å². The average molecular weight is 448 g/mol. The van der Waals surface area contributed by atoms with E-state index in [-0.39, 0.29) is 18.4 Å². The van der Waals surface area contributed by atoms with E-state index >= 15 is 0 Å². The molecule has 11 heteroatoms. The topological polar surface area (TPSA) is 113 Å². The van der Waals surface area contributed by atoms with Gasteiger partial charge in [0.2, 0.25) is 11.8 Å². The molecule has 0 radical (unpaired) electrons. The predicted molar refractivity (Wildman–Crippen MR) is 119 cm³/mol. The summed E-state index contributed by atoms with van der Waals surface area (Å²) in [4.78, 5) is 39.3. The first-order valence-electron chi connectivity index (χ1n) is 10.8. The highest BCUT2D eigenvalue weighted by Gasteiger charge is 2.23. The first-order valence-corrected chi connectivity index (χ1v) is 10.8. The Bertz CT molecular complexity index is 1370. The summed E-state index contributed by atoms with van der Waals surface area (Å²) in [6, 6.07) is 1.68. The minimum absolute atomic E-state index is 0.0148. The molecule has 1 aliphatic heterocycles. The molecule has 5 rings (SSSR count). The molecule has 0 aliphatic carbocycles. The highest BCUT2D eigenvalue weighted by molar-refractivity contribution is 5.87. The number of hydrogen-bond donors (Lipinski definition) is 0. The van der Waals surface area contributed by atoms with Crippen molar-refractivity contribution in [2.24, 2.45) is 7.05 Å². The summed E-state index contributed by atoms with van der Waals surface area (Å²) < 4.78 is 11.2. The van der Waals surface area contributed by atoms with Gasteiger partial charge in [0.15, 0.2) is 11.2 Å². The zero-order chi connectivity index (χ0) is 23.1. The van der Waals surface area contributed by atoms with Crippen molar-refractivity contribution in [3.05, 3.63) is 36.7 Å². The second kappa shape index (κ2) is 8.15. The molecule has 4 aromatic heterocycles. The SMILES string of the molecule is CCn1ncc(-c2nc3c(Oc4ccn(C(=O)CN5CCCC5=O)c4)ncnc3n2C)c1C. The summed E-state index contributed by atoms with van der Waals surface area (Å²) in [5.74, 6) is 1.27. The van der Waals surface area contributed by atoms with E-state index in [4.69, 9.17) is 9.72 Å². The van der Waals surface area contributed by atoms with Gasteiger partial charge in [0.1, 0.15) is 24.4 Å². The van der Waals surface area contributed by atoms with Gasteiger partial charge in [-0.1, -0.05) is 0 Å². The average Bonchev–Trinajstić information content (AvgIpc) is 3.58. The van der Waals surface area contributed by atoms with Crippen LogP contribution in [0.3, 0.4) is 0 Å². The summed E-state index contributed by atoms with van der Waals surface area (Å²) in [6.07, 6.45) is 7.71. The van der Waals surface area contributed by atoms with Gasteiger partial charge in [-0.2, -0.15) is 10.1 Å². The first kappa shape index (κ1) is 20.9. The third kappa shape index (κ3) is 3.65. The molecule has 11 nitrogen and oxygen atoms in total. The van der Waals surface area contributed by atoms with Gasteiger partial charge in [-0.3, -0.25) is 18.8 Å². The molecule has 0 atom stereocenters. The molecule has 1 amide bonds. The van der Waals surface area contributed by atoms with Crippen LogP contribution >= 0.6 is 0 Å². The zero-order valence-corrected chi connectivity index (χ0v) is 18.7. The number of likely N-dealkylation sites (tertiary alicyclic amines) is 1. The van der Waals surface area contributed by atoms with E-state index < -0.39 is 0 Å². The highest BCUT2D eigenvalue weighted by atomic mass is 16.5. The van der Waals surface area contributed by atoms with Gasteiger partial charge < -0.3 is 14.2 Å². The van der Waals surface area contributed by atoms with Gasteiger partial charge in [-0.25, -0.2) is 9.97 Å². The van der Waals surface area contributed by atoms with Crippen LogP contribution in [0.1, 0.15) is 30.3 Å². The Morgan fingerprint density at radius 3 is 2.85 bits per heavy atom. The molecule has 0 unspecified atom stereocenters. The molecule has 0 saturated carbocycles. The Morgan fingerprint density at radius 2 is 2.12 bits per heavy atom. The standard InChI is InChI=1S/C22H24N8O3/c1-4-30-14(2)16(10-25-30)20-26-19-21(27(20)3)23-13-24-22(19)33-15-7-9-29(11-15)18(32)12-28-8-5-6-17(28)31/h7,9-11,13H,4-6,8,12H2,1-3H3. The van der Waals surface area contributed by atoms with Crippen molar-refractivity contribution >= 4 is 23.0 Å². The van der Waals surface area contributed by atoms with E-state index in [1.807, 2.05) is 30.1 Å². The number of rotatable bonds is 6. The number of imidazole rings is 1. The lowest BCUT2D eigenvalue weighted by atomic mass is 10.2. The Balaban J connectivity index is 1.41. The van der Waals surface area contributed by atoms with Crippen LogP contribution in [-0.4, -0.2) is 63.7 Å². The highest BCUT2D eigenvalue weighted by Crippen LogP contribution is 2.31. The maximum absolute atomic E-state index is 12.6. The molecule has 1 saturated heterocycles. The maximum atomic E-state index is 12.6. The van der Waals surface area contributed by atoms with Crippen LogP contribution in [0.25, 0.3) is 22.6 Å². The van der Waals surface area contributed by atoms with Crippen molar-refractivity contribution in [2.75, 3.05) is 13.1 Å². The second-order valence-electron chi connectivity index (χ2n) is 7.97. The van der Waals surface area contributed by atoms with E-state index in [1.165, 1.54) is 10.9 Å². The molecular formula is C22H24N8O3. The maximum Gasteiger partial charge on any atom is 0.251 e. The summed E-state index contributed by atoms with van der Waals surface area (Å²) in [5.41, 5.74) is 3.07. The van der Waals surface area contributed by atoms with Gasteiger partial charge in [0, 0.05) is 38.4 Å². The number of aryl methyl sites for hydroxylation is 2. The molecule has 0 spiro atoms. The number of hydrogen-bond acceptors (Lipinski definition) is 7. The normalized spacial score (nSPS) is 13.9. The van der Waals surface area contributed by atoms with E-state index in [2.05, 4.69) is 15.1 Å². The first-order chi connectivity index (χ1) is 16.0. The third-order valence-corrected chi connectivity index (χ3v) is 5.93. The Kier molecular flexibility index (Phi) is 5.15. The summed E-state index contributed by atoms with van der Waals surface area (Å²) >= 11 is 0. The van der Waals surface area contributed by atoms with Crippen LogP contribution in [0.5, 0.6) is 11.6 Å². The molecule has 0 bridgehead atoms. The lowest BCUT2D eigenvalue weighted by Crippen LogP contribution is -2.32. The smallest absolute Gasteiger partial charge is 0.251 e. The van der Waals surface area contributed by atoms with E-state index in [1.54, 1.807) is 29.6 Å². The lowest BCUT2D eigenvalue weighted by Gasteiger charge is -2.14. The summed E-state index contributed by atoms with van der Waals surface area (Å²) in [5, 5.41) is 4.41. The van der Waals surface area contributed by atoms with Crippen LogP contribution in [0.15, 0.2) is 31.0 Å². The molecule has 0 aromatic carbocycles. The van der Waals surface area contributed by atoms with E-state index in [0.29, 0.717) is 35.8 Å². The number of carbonyl (C=O) groups excluding carboxylic acids is 2. The summed E-state index contributed by atoms with van der Waals surface area (Å²) in [6.45, 7) is 5.48. The molecule has 170 valence electrons. The van der Waals surface area contributed by atoms with Gasteiger partial charge in [0.05, 0.1) is 18.0 Å². The minimum Gasteiger partial charge on any atom is -0.435 e. The molecular weight excluding hydrogens is 424 g/mol. The number of fused-ring (bicyclic) bond motifs is 1. The third-order valence-electron chi connectivity index (χ3n) is 5.93. The molecule has 0 N–H and O–H groups in total. The van der Waals surface area contributed by atoms with Crippen molar-refractivity contribution in [2.45, 2.75) is 33.2 Å². The van der Waals surface area contributed by atoms with E-state index in [9.17, 15) is 9.59 Å². The molecule has 5 heterocycles. The monoisotopic (exact) mass is 448 g/mol. The summed E-state index contributed by atoms with van der Waals surface area (Å²) in [7, 11) is 1.89. The molecule has 4 aromatic rings. The van der Waals surface area contributed by atoms with Gasteiger partial charge in [-0.15, -0.1) is 0 Å². The number of nitrogens with zero attached hydrogens (tertiary/aromatic N) is 8. The minimum atomic E-state index is -0.198. The van der Waals surface area contributed by atoms with Gasteiger partial charge in [0.25, 0.3) is 5.88 Å². The molecule has 1 fully saturated rings. The van der Waals surface area contributed by atoms with Gasteiger partial charge in [-0.05, 0) is 26.3 Å². The van der Waals surface area contributed by atoms with Crippen LogP contribution < -0.4 is 4.74 Å². The van der Waals surface area contributed by atoms with E-state index in [0.717, 1.165) is 30.0 Å². The Morgan fingerprint density at radius 1 is 1.27 bits per heavy atom. The lowest BCUT2D eigenvalue weighted by molar-refractivity contribution is -0.127. The van der Waals surface area contributed by atoms with Gasteiger partial charge >= 0.3 is 0 Å². The van der Waals surface area contributed by atoms with Crippen LogP contribution in [0.2, 0.25) is 0 Å². The van der Waals surface area contributed by atoms with Crippen molar-refractivity contribution in [3.63, 3.8) is 0 Å². The fraction of sp³-hybridized carbons (Fsp3) is 0.364. The fourth-order valence-electron chi connectivity index (χ4n) is 4.10. The van der Waals surface area contributed by atoms with Crippen LogP contribution in [0.4, 0.5) is 0 Å². The number of amides is 1. The van der Waals surface area contributed by atoms with Crippen molar-refractivity contribution in [1.29, 1.82) is 0 Å². The number of aromatic nitrogens is 7.